The monoisotopic (exact) mass is 265 g/mol. The quantitative estimate of drug-likeness (QED) is 0.519. The second-order valence-corrected chi connectivity index (χ2v) is 4.85. The summed E-state index contributed by atoms with van der Waals surface area (Å²) in [6.45, 7) is 3.24. The minimum Gasteiger partial charge on any atom is -0.456 e. The third kappa shape index (κ3) is 2.23. The normalized spacial score (nSPS) is 12.5. The molecule has 0 aliphatic rings. The number of hydrogen-bond acceptors (Lipinski definition) is 3. The number of esters is 1. The summed E-state index contributed by atoms with van der Waals surface area (Å²) in [4.78, 5) is 15.7. The number of carbonyl (C=O) groups is 1. The summed E-state index contributed by atoms with van der Waals surface area (Å²) in [6, 6.07) is 16.2. The minimum atomic E-state index is -0.337. The van der Waals surface area contributed by atoms with Crippen LogP contribution in [0.1, 0.15) is 25.6 Å². The van der Waals surface area contributed by atoms with Crippen LogP contribution < -0.4 is 0 Å². The Bertz CT molecular complexity index is 795. The van der Waals surface area contributed by atoms with E-state index in [9.17, 15) is 4.79 Å². The molecule has 0 amide bonds. The van der Waals surface area contributed by atoms with Crippen LogP contribution in [0.3, 0.4) is 0 Å². The molecule has 0 unspecified atom stereocenters. The molecule has 3 aromatic rings. The van der Waals surface area contributed by atoms with Gasteiger partial charge in [-0.15, -0.1) is 0 Å². The lowest BCUT2D eigenvalue weighted by Gasteiger charge is -2.12. The summed E-state index contributed by atoms with van der Waals surface area (Å²) in [7, 11) is 0. The lowest BCUT2D eigenvalue weighted by molar-refractivity contribution is -0.145. The number of benzene rings is 2. The molecule has 0 bridgehead atoms. The molecule has 0 saturated heterocycles. The largest absolute Gasteiger partial charge is 0.456 e. The van der Waals surface area contributed by atoms with Crippen molar-refractivity contribution < 1.29 is 9.53 Å². The van der Waals surface area contributed by atoms with Gasteiger partial charge in [0.15, 0.2) is 0 Å². The van der Waals surface area contributed by atoms with Gasteiger partial charge in [0.2, 0.25) is 0 Å². The molecule has 0 radical (unpaired) electrons. The predicted octanol–water partition coefficient (Wildman–Crippen LogP) is 4.01. The zero-order valence-electron chi connectivity index (χ0n) is 11.5. The maximum absolute atomic E-state index is 11.1. The number of ether oxygens (including phenoxy) is 1. The lowest BCUT2D eigenvalue weighted by atomic mass is 10.1. The second-order valence-electron chi connectivity index (χ2n) is 4.85. The maximum atomic E-state index is 11.1. The van der Waals surface area contributed by atoms with E-state index in [4.69, 9.17) is 4.74 Å². The van der Waals surface area contributed by atoms with Gasteiger partial charge < -0.3 is 4.74 Å². The molecule has 3 rings (SSSR count). The molecule has 0 aliphatic heterocycles. The Morgan fingerprint density at radius 2 is 1.75 bits per heavy atom. The summed E-state index contributed by atoms with van der Waals surface area (Å²) in [5, 5.41) is 3.36. The zero-order chi connectivity index (χ0) is 14.1. The number of hydrogen-bond donors (Lipinski definition) is 0. The van der Waals surface area contributed by atoms with E-state index in [2.05, 4.69) is 29.2 Å². The van der Waals surface area contributed by atoms with Gasteiger partial charge in [0.1, 0.15) is 6.10 Å². The third-order valence-electron chi connectivity index (χ3n) is 3.37. The second kappa shape index (κ2) is 4.93. The number of pyridine rings is 1. The maximum Gasteiger partial charge on any atom is 0.303 e. The van der Waals surface area contributed by atoms with Gasteiger partial charge in [-0.05, 0) is 18.4 Å². The van der Waals surface area contributed by atoms with Gasteiger partial charge >= 0.3 is 5.97 Å². The van der Waals surface area contributed by atoms with Gasteiger partial charge in [-0.25, -0.2) is 4.98 Å². The van der Waals surface area contributed by atoms with Crippen molar-refractivity contribution in [2.45, 2.75) is 20.0 Å². The molecule has 0 aliphatic carbocycles. The Balaban J connectivity index is 2.18. The van der Waals surface area contributed by atoms with E-state index < -0.39 is 0 Å². The van der Waals surface area contributed by atoms with E-state index in [0.717, 1.165) is 27.4 Å². The van der Waals surface area contributed by atoms with E-state index >= 15 is 0 Å². The molecule has 0 spiro atoms. The van der Waals surface area contributed by atoms with Crippen LogP contribution in [-0.4, -0.2) is 11.0 Å². The smallest absolute Gasteiger partial charge is 0.303 e. The Kier molecular flexibility index (Phi) is 3.11. The summed E-state index contributed by atoms with van der Waals surface area (Å²) in [5.74, 6) is -0.294. The van der Waals surface area contributed by atoms with E-state index in [0.29, 0.717) is 0 Å². The first-order valence-corrected chi connectivity index (χ1v) is 6.61. The van der Waals surface area contributed by atoms with Crippen molar-refractivity contribution >= 4 is 27.6 Å². The van der Waals surface area contributed by atoms with Crippen molar-refractivity contribution in [3.05, 3.63) is 54.2 Å². The molecular weight excluding hydrogens is 250 g/mol. The van der Waals surface area contributed by atoms with E-state index in [1.54, 1.807) is 0 Å². The molecule has 1 heterocycles. The molecule has 0 saturated carbocycles. The highest BCUT2D eigenvalue weighted by molar-refractivity contribution is 6.05. The fourth-order valence-electron chi connectivity index (χ4n) is 2.41. The molecule has 0 N–H and O–H groups in total. The zero-order valence-corrected chi connectivity index (χ0v) is 11.5. The standard InChI is InChI=1S/C17H15NO2/c1-11(20-12(2)19)16-10-9-14-8-7-13-5-3-4-6-15(13)17(14)18-16/h3-11H,1-2H3/t11-/m1/s1. The molecule has 3 heteroatoms. The van der Waals surface area contributed by atoms with Gasteiger partial charge in [0, 0.05) is 17.7 Å². The molecule has 3 nitrogen and oxygen atoms in total. The van der Waals surface area contributed by atoms with Crippen LogP contribution in [0.25, 0.3) is 21.7 Å². The number of fused-ring (bicyclic) bond motifs is 3. The van der Waals surface area contributed by atoms with Gasteiger partial charge in [-0.1, -0.05) is 42.5 Å². The first-order valence-electron chi connectivity index (χ1n) is 6.61. The minimum absolute atomic E-state index is 0.294. The first-order chi connectivity index (χ1) is 9.65. The molecule has 100 valence electrons. The van der Waals surface area contributed by atoms with Crippen LogP contribution in [-0.2, 0) is 9.53 Å². The van der Waals surface area contributed by atoms with Crippen molar-refractivity contribution in [3.63, 3.8) is 0 Å². The van der Waals surface area contributed by atoms with Crippen molar-refractivity contribution in [3.8, 4) is 0 Å². The highest BCUT2D eigenvalue weighted by Gasteiger charge is 2.11. The van der Waals surface area contributed by atoms with Gasteiger partial charge in [0.05, 0.1) is 11.2 Å². The van der Waals surface area contributed by atoms with Gasteiger partial charge in [-0.2, -0.15) is 0 Å². The Labute approximate surface area is 117 Å². The van der Waals surface area contributed by atoms with Crippen molar-refractivity contribution in [1.82, 2.24) is 4.98 Å². The van der Waals surface area contributed by atoms with E-state index in [-0.39, 0.29) is 12.1 Å². The Morgan fingerprint density at radius 1 is 1.05 bits per heavy atom. The highest BCUT2D eigenvalue weighted by atomic mass is 16.5. The molecule has 0 fully saturated rings. The van der Waals surface area contributed by atoms with Crippen LogP contribution in [0.15, 0.2) is 48.5 Å². The van der Waals surface area contributed by atoms with Crippen LogP contribution in [0.5, 0.6) is 0 Å². The van der Waals surface area contributed by atoms with Crippen molar-refractivity contribution in [1.29, 1.82) is 0 Å². The number of carbonyl (C=O) groups excluding carboxylic acids is 1. The highest BCUT2D eigenvalue weighted by Crippen LogP contribution is 2.26. The number of aromatic nitrogens is 1. The SMILES string of the molecule is CC(=O)O[C@H](C)c1ccc2ccc3ccccc3c2n1. The topological polar surface area (TPSA) is 39.2 Å². The van der Waals surface area contributed by atoms with Gasteiger partial charge in [0.25, 0.3) is 0 Å². The van der Waals surface area contributed by atoms with Crippen LogP contribution in [0, 0.1) is 0 Å². The molecule has 1 aromatic heterocycles. The number of rotatable bonds is 2. The van der Waals surface area contributed by atoms with E-state index in [1.165, 1.54) is 6.92 Å². The van der Waals surface area contributed by atoms with Crippen LogP contribution in [0.4, 0.5) is 0 Å². The Hall–Kier alpha value is -2.42. The average molecular weight is 265 g/mol. The molecule has 2 aromatic carbocycles. The predicted molar refractivity (Wildman–Crippen MR) is 79.4 cm³/mol. The van der Waals surface area contributed by atoms with Crippen molar-refractivity contribution in [2.24, 2.45) is 0 Å². The third-order valence-corrected chi connectivity index (χ3v) is 3.37. The van der Waals surface area contributed by atoms with Gasteiger partial charge in [-0.3, -0.25) is 4.79 Å². The first kappa shape index (κ1) is 12.6. The lowest BCUT2D eigenvalue weighted by Crippen LogP contribution is -2.06. The molecular formula is C17H15NO2. The van der Waals surface area contributed by atoms with E-state index in [1.807, 2.05) is 31.2 Å². The molecule has 1 atom stereocenters. The molecule has 20 heavy (non-hydrogen) atoms. The Morgan fingerprint density at radius 3 is 2.55 bits per heavy atom. The van der Waals surface area contributed by atoms with Crippen LogP contribution >= 0.6 is 0 Å². The summed E-state index contributed by atoms with van der Waals surface area (Å²) < 4.78 is 5.20. The summed E-state index contributed by atoms with van der Waals surface area (Å²) in [6.07, 6.45) is -0.337. The summed E-state index contributed by atoms with van der Waals surface area (Å²) >= 11 is 0. The average Bonchev–Trinajstić information content (AvgIpc) is 2.46. The fraction of sp³-hybridized carbons (Fsp3) is 0.176. The van der Waals surface area contributed by atoms with Crippen molar-refractivity contribution in [2.75, 3.05) is 0 Å². The number of nitrogens with zero attached hydrogens (tertiary/aromatic N) is 1. The summed E-state index contributed by atoms with van der Waals surface area (Å²) in [5.41, 5.74) is 1.71. The van der Waals surface area contributed by atoms with Crippen LogP contribution in [0.2, 0.25) is 0 Å². The fourth-order valence-corrected chi connectivity index (χ4v) is 2.41.